The lowest BCUT2D eigenvalue weighted by atomic mass is 10.1. The van der Waals surface area contributed by atoms with E-state index in [1.165, 1.54) is 5.56 Å². The van der Waals surface area contributed by atoms with Crippen LogP contribution in [-0.2, 0) is 0 Å². The number of para-hydroxylation sites is 1. The number of hydrogen-bond acceptors (Lipinski definition) is 4. The molecule has 5 nitrogen and oxygen atoms in total. The second-order valence-corrected chi connectivity index (χ2v) is 6.60. The Balaban J connectivity index is 1.69. The Labute approximate surface area is 158 Å². The number of ether oxygens (including phenoxy) is 1. The first-order valence-electron chi connectivity index (χ1n) is 8.95. The van der Waals surface area contributed by atoms with Crippen molar-refractivity contribution in [3.05, 3.63) is 78.5 Å². The van der Waals surface area contributed by atoms with E-state index in [0.29, 0.717) is 0 Å². The minimum Gasteiger partial charge on any atom is -0.494 e. The molecule has 2 aromatic heterocycles. The van der Waals surface area contributed by atoms with Crippen LogP contribution in [0.4, 0.5) is 5.69 Å². The van der Waals surface area contributed by atoms with E-state index in [0.717, 1.165) is 33.7 Å². The van der Waals surface area contributed by atoms with E-state index < -0.39 is 0 Å². The van der Waals surface area contributed by atoms with Crippen molar-refractivity contribution in [3.63, 3.8) is 0 Å². The maximum absolute atomic E-state index is 5.49. The number of methoxy groups -OCH3 is 1. The van der Waals surface area contributed by atoms with Gasteiger partial charge in [0.05, 0.1) is 13.4 Å². The summed E-state index contributed by atoms with van der Waals surface area (Å²) in [4.78, 5) is 8.79. The predicted molar refractivity (Wildman–Crippen MR) is 109 cm³/mol. The molecule has 0 saturated carbocycles. The predicted octanol–water partition coefficient (Wildman–Crippen LogP) is 4.91. The van der Waals surface area contributed by atoms with Crippen molar-refractivity contribution in [2.24, 2.45) is 0 Å². The average Bonchev–Trinajstić information content (AvgIpc) is 3.22. The van der Waals surface area contributed by atoms with Crippen molar-refractivity contribution in [2.75, 3.05) is 12.4 Å². The van der Waals surface area contributed by atoms with Crippen molar-refractivity contribution < 1.29 is 4.74 Å². The van der Waals surface area contributed by atoms with Crippen molar-refractivity contribution in [1.29, 1.82) is 0 Å². The summed E-state index contributed by atoms with van der Waals surface area (Å²) in [6, 6.07) is 16.7. The van der Waals surface area contributed by atoms with Crippen LogP contribution in [0.1, 0.15) is 24.2 Å². The van der Waals surface area contributed by atoms with Gasteiger partial charge in [-0.1, -0.05) is 24.3 Å². The van der Waals surface area contributed by atoms with Crippen molar-refractivity contribution in [1.82, 2.24) is 14.5 Å². The molecular weight excluding hydrogens is 336 g/mol. The number of nitrogens with one attached hydrogen (secondary N) is 1. The molecule has 5 heteroatoms. The lowest BCUT2D eigenvalue weighted by molar-refractivity contribution is 0.419. The van der Waals surface area contributed by atoms with E-state index in [1.807, 2.05) is 36.1 Å². The molecule has 1 atom stereocenters. The number of benzene rings is 2. The van der Waals surface area contributed by atoms with Crippen LogP contribution in [0.15, 0.2) is 67.3 Å². The van der Waals surface area contributed by atoms with Gasteiger partial charge in [0.1, 0.15) is 11.3 Å². The van der Waals surface area contributed by atoms with Gasteiger partial charge in [-0.25, -0.2) is 9.97 Å². The summed E-state index contributed by atoms with van der Waals surface area (Å²) in [5, 5.41) is 4.70. The molecule has 0 bridgehead atoms. The molecule has 2 heterocycles. The molecule has 0 aliphatic rings. The fourth-order valence-electron chi connectivity index (χ4n) is 3.32. The van der Waals surface area contributed by atoms with Crippen LogP contribution >= 0.6 is 0 Å². The first-order valence-corrected chi connectivity index (χ1v) is 8.95. The number of aryl methyl sites for hydroxylation is 1. The Kier molecular flexibility index (Phi) is 4.50. The van der Waals surface area contributed by atoms with E-state index in [2.05, 4.69) is 58.6 Å². The summed E-state index contributed by atoms with van der Waals surface area (Å²) in [5.74, 6) is 0.786. The highest BCUT2D eigenvalue weighted by Gasteiger charge is 2.12. The number of pyridine rings is 1. The van der Waals surface area contributed by atoms with Gasteiger partial charge in [-0.3, -0.25) is 0 Å². The van der Waals surface area contributed by atoms with Gasteiger partial charge < -0.3 is 14.6 Å². The highest BCUT2D eigenvalue weighted by atomic mass is 16.5. The minimum absolute atomic E-state index is 0.129. The summed E-state index contributed by atoms with van der Waals surface area (Å²) in [7, 11) is 1.68. The SMILES string of the molecule is COc1cccc2c(NC(C)c3cccc(-n4ccnc4)c3)cc(C)nc12. The van der Waals surface area contributed by atoms with Gasteiger partial charge >= 0.3 is 0 Å². The summed E-state index contributed by atoms with van der Waals surface area (Å²) in [6.07, 6.45) is 5.54. The fraction of sp³-hybridized carbons (Fsp3) is 0.182. The van der Waals surface area contributed by atoms with Crippen molar-refractivity contribution in [2.45, 2.75) is 19.9 Å². The third-order valence-electron chi connectivity index (χ3n) is 4.70. The number of hydrogen-bond donors (Lipinski definition) is 1. The molecule has 4 rings (SSSR count). The highest BCUT2D eigenvalue weighted by molar-refractivity contribution is 5.95. The van der Waals surface area contributed by atoms with Gasteiger partial charge in [-0.2, -0.15) is 0 Å². The largest absolute Gasteiger partial charge is 0.494 e. The van der Waals surface area contributed by atoms with Crippen LogP contribution in [0.3, 0.4) is 0 Å². The molecular formula is C22H22N4O. The van der Waals surface area contributed by atoms with E-state index in [9.17, 15) is 0 Å². The zero-order chi connectivity index (χ0) is 18.8. The Morgan fingerprint density at radius 3 is 2.74 bits per heavy atom. The molecule has 1 N–H and O–H groups in total. The van der Waals surface area contributed by atoms with Crippen LogP contribution in [0.5, 0.6) is 5.75 Å². The highest BCUT2D eigenvalue weighted by Crippen LogP contribution is 2.32. The van der Waals surface area contributed by atoms with Gasteiger partial charge in [-0.15, -0.1) is 0 Å². The minimum atomic E-state index is 0.129. The van der Waals surface area contributed by atoms with Crippen LogP contribution < -0.4 is 10.1 Å². The van der Waals surface area contributed by atoms with E-state index in [4.69, 9.17) is 4.74 Å². The smallest absolute Gasteiger partial charge is 0.145 e. The third kappa shape index (κ3) is 3.36. The Morgan fingerprint density at radius 2 is 1.96 bits per heavy atom. The molecule has 136 valence electrons. The van der Waals surface area contributed by atoms with Crippen LogP contribution in [-0.4, -0.2) is 21.6 Å². The number of imidazole rings is 1. The topological polar surface area (TPSA) is 52.0 Å². The van der Waals surface area contributed by atoms with Crippen molar-refractivity contribution >= 4 is 16.6 Å². The standard InChI is InChI=1S/C22H22N4O/c1-15-12-20(19-8-5-9-21(27-3)22(19)24-15)25-16(2)17-6-4-7-18(13-17)26-11-10-23-14-26/h4-14,16H,1-3H3,(H,24,25). The van der Waals surface area contributed by atoms with Gasteiger partial charge in [0.25, 0.3) is 0 Å². The zero-order valence-electron chi connectivity index (χ0n) is 15.7. The maximum Gasteiger partial charge on any atom is 0.145 e. The van der Waals surface area contributed by atoms with Crippen LogP contribution in [0, 0.1) is 6.92 Å². The summed E-state index contributed by atoms with van der Waals surface area (Å²) in [5.41, 5.74) is 5.18. The molecule has 1 unspecified atom stereocenters. The molecule has 0 spiro atoms. The Morgan fingerprint density at radius 1 is 1.11 bits per heavy atom. The normalized spacial score (nSPS) is 12.1. The number of fused-ring (bicyclic) bond motifs is 1. The van der Waals surface area contributed by atoms with Gasteiger partial charge in [0, 0.05) is 40.9 Å². The lowest BCUT2D eigenvalue weighted by Gasteiger charge is -2.19. The quantitative estimate of drug-likeness (QED) is 0.551. The third-order valence-corrected chi connectivity index (χ3v) is 4.70. The zero-order valence-corrected chi connectivity index (χ0v) is 15.7. The summed E-state index contributed by atoms with van der Waals surface area (Å²) in [6.45, 7) is 4.16. The fourth-order valence-corrected chi connectivity index (χ4v) is 3.32. The molecule has 0 aliphatic carbocycles. The van der Waals surface area contributed by atoms with Gasteiger partial charge in [0.15, 0.2) is 0 Å². The molecule has 27 heavy (non-hydrogen) atoms. The Bertz CT molecular complexity index is 1070. The van der Waals surface area contributed by atoms with E-state index in [-0.39, 0.29) is 6.04 Å². The second-order valence-electron chi connectivity index (χ2n) is 6.60. The number of nitrogens with zero attached hydrogens (tertiary/aromatic N) is 3. The van der Waals surface area contributed by atoms with E-state index in [1.54, 1.807) is 13.3 Å². The molecule has 0 radical (unpaired) electrons. The average molecular weight is 358 g/mol. The summed E-state index contributed by atoms with van der Waals surface area (Å²) < 4.78 is 7.49. The molecule has 0 amide bonds. The molecule has 0 aliphatic heterocycles. The molecule has 2 aromatic carbocycles. The first kappa shape index (κ1) is 17.1. The van der Waals surface area contributed by atoms with E-state index >= 15 is 0 Å². The Hall–Kier alpha value is -3.34. The summed E-state index contributed by atoms with van der Waals surface area (Å²) >= 11 is 0. The first-order chi connectivity index (χ1) is 13.2. The van der Waals surface area contributed by atoms with Crippen LogP contribution in [0.25, 0.3) is 16.6 Å². The lowest BCUT2D eigenvalue weighted by Crippen LogP contribution is -2.08. The maximum atomic E-state index is 5.49. The van der Waals surface area contributed by atoms with Gasteiger partial charge in [0.2, 0.25) is 0 Å². The molecule has 0 saturated heterocycles. The second kappa shape index (κ2) is 7.11. The van der Waals surface area contributed by atoms with Crippen molar-refractivity contribution in [3.8, 4) is 11.4 Å². The number of aromatic nitrogens is 3. The number of anilines is 1. The van der Waals surface area contributed by atoms with Gasteiger partial charge in [-0.05, 0) is 43.7 Å². The monoisotopic (exact) mass is 358 g/mol. The number of rotatable bonds is 5. The molecule has 4 aromatic rings. The molecule has 0 fully saturated rings. The van der Waals surface area contributed by atoms with Crippen LogP contribution in [0.2, 0.25) is 0 Å².